The number of nitrogens with two attached hydrogens (primary N) is 1. The molecule has 1 aliphatic heterocycles. The fraction of sp³-hybridized carbons (Fsp3) is 0.417. The third-order valence-electron chi connectivity index (χ3n) is 3.55. The van der Waals surface area contributed by atoms with Crippen LogP contribution in [0.15, 0.2) is 23.2 Å². The van der Waals surface area contributed by atoms with Crippen LogP contribution in [0.2, 0.25) is 5.02 Å². The molecule has 1 heterocycles. The van der Waals surface area contributed by atoms with Crippen LogP contribution in [0.25, 0.3) is 0 Å². The second-order valence-corrected chi connectivity index (χ2v) is 5.02. The molecule has 0 spiro atoms. The highest BCUT2D eigenvalue weighted by molar-refractivity contribution is 6.30. The van der Waals surface area contributed by atoms with Gasteiger partial charge in [0.2, 0.25) is 0 Å². The van der Waals surface area contributed by atoms with Crippen LogP contribution in [0, 0.1) is 11.7 Å². The van der Waals surface area contributed by atoms with E-state index in [0.29, 0.717) is 6.42 Å². The Kier molecular flexibility index (Phi) is 2.48. The van der Waals surface area contributed by atoms with Gasteiger partial charge in [0.1, 0.15) is 24.1 Å². The molecule has 0 amide bonds. The number of benzene rings is 1. The molecule has 6 heteroatoms. The lowest BCUT2D eigenvalue weighted by molar-refractivity contribution is 0.168. The van der Waals surface area contributed by atoms with Crippen molar-refractivity contribution in [2.75, 3.05) is 6.67 Å². The highest BCUT2D eigenvalue weighted by Gasteiger charge is 2.60. The van der Waals surface area contributed by atoms with Gasteiger partial charge in [-0.3, -0.25) is 0 Å². The molecule has 0 saturated heterocycles. The molecule has 1 aromatic rings. The average molecular weight is 273 g/mol. The number of rotatable bonds is 2. The first-order valence-corrected chi connectivity index (χ1v) is 5.98. The van der Waals surface area contributed by atoms with E-state index in [1.165, 1.54) is 12.1 Å². The van der Waals surface area contributed by atoms with E-state index in [4.69, 9.17) is 22.1 Å². The number of ether oxygens (including phenoxy) is 1. The number of nitrogens with zero attached hydrogens (tertiary/aromatic N) is 1. The first-order chi connectivity index (χ1) is 8.58. The molecule has 3 nitrogen and oxygen atoms in total. The molecule has 1 aromatic carbocycles. The van der Waals surface area contributed by atoms with Crippen molar-refractivity contribution < 1.29 is 13.5 Å². The molecule has 1 aliphatic carbocycles. The van der Waals surface area contributed by atoms with Gasteiger partial charge in [-0.15, -0.1) is 0 Å². The van der Waals surface area contributed by atoms with Crippen LogP contribution in [0.1, 0.15) is 12.0 Å². The lowest BCUT2D eigenvalue weighted by Gasteiger charge is -2.31. The summed E-state index contributed by atoms with van der Waals surface area (Å²) < 4.78 is 32.9. The van der Waals surface area contributed by atoms with E-state index < -0.39 is 18.0 Å². The maximum absolute atomic E-state index is 14.1. The summed E-state index contributed by atoms with van der Waals surface area (Å²) in [6, 6.07) is 4.41. The molecule has 3 atom stereocenters. The van der Waals surface area contributed by atoms with E-state index in [1.54, 1.807) is 6.07 Å². The van der Waals surface area contributed by atoms with Crippen molar-refractivity contribution in [3.8, 4) is 0 Å². The van der Waals surface area contributed by atoms with Gasteiger partial charge in [0.25, 0.3) is 6.02 Å². The van der Waals surface area contributed by atoms with Gasteiger partial charge in [0.05, 0.1) is 5.02 Å². The van der Waals surface area contributed by atoms with Crippen molar-refractivity contribution in [3.63, 3.8) is 0 Å². The lowest BCUT2D eigenvalue weighted by Crippen LogP contribution is -2.39. The average Bonchev–Trinajstić information content (AvgIpc) is 3.11. The second-order valence-electron chi connectivity index (χ2n) is 4.61. The zero-order chi connectivity index (χ0) is 12.9. The monoisotopic (exact) mass is 272 g/mol. The standard InChI is InChI=1S/C12H11ClF2N2O/c13-8-3-1-2-6(10(8)15)12(5-14)7-4-9(7)18-11(16)17-12/h1-3,7,9H,4-5H2,(H2,16,17)/t7-,9+,12+/m0/s1. The van der Waals surface area contributed by atoms with E-state index in [1.807, 2.05) is 0 Å². The zero-order valence-electron chi connectivity index (χ0n) is 9.37. The molecule has 1 fully saturated rings. The normalized spacial score (nSPS) is 33.4. The Labute approximate surface area is 108 Å². The number of fused-ring (bicyclic) bond motifs is 1. The lowest BCUT2D eigenvalue weighted by atomic mass is 9.85. The molecule has 0 bridgehead atoms. The van der Waals surface area contributed by atoms with Crippen LogP contribution >= 0.6 is 11.6 Å². The molecule has 18 heavy (non-hydrogen) atoms. The number of alkyl halides is 1. The van der Waals surface area contributed by atoms with Crippen LogP contribution in [0.4, 0.5) is 8.78 Å². The fourth-order valence-electron chi connectivity index (χ4n) is 2.56. The smallest absolute Gasteiger partial charge is 0.283 e. The van der Waals surface area contributed by atoms with Gasteiger partial charge in [-0.25, -0.2) is 13.8 Å². The zero-order valence-corrected chi connectivity index (χ0v) is 10.1. The van der Waals surface area contributed by atoms with Crippen LogP contribution in [-0.4, -0.2) is 18.8 Å². The molecular weight excluding hydrogens is 262 g/mol. The Morgan fingerprint density at radius 2 is 2.33 bits per heavy atom. The van der Waals surface area contributed by atoms with Gasteiger partial charge in [0, 0.05) is 11.5 Å². The van der Waals surface area contributed by atoms with E-state index >= 15 is 0 Å². The van der Waals surface area contributed by atoms with E-state index in [-0.39, 0.29) is 28.6 Å². The molecule has 3 rings (SSSR count). The van der Waals surface area contributed by atoms with Gasteiger partial charge < -0.3 is 10.5 Å². The van der Waals surface area contributed by atoms with Gasteiger partial charge >= 0.3 is 0 Å². The Balaban J connectivity index is 2.17. The highest BCUT2D eigenvalue weighted by atomic mass is 35.5. The Morgan fingerprint density at radius 3 is 3.06 bits per heavy atom. The van der Waals surface area contributed by atoms with Gasteiger partial charge in [-0.1, -0.05) is 23.7 Å². The molecule has 0 unspecified atom stereocenters. The summed E-state index contributed by atoms with van der Waals surface area (Å²) in [7, 11) is 0. The third-order valence-corrected chi connectivity index (χ3v) is 3.84. The highest BCUT2D eigenvalue weighted by Crippen LogP contribution is 2.53. The van der Waals surface area contributed by atoms with Crippen LogP contribution < -0.4 is 5.73 Å². The number of hydrogen-bond donors (Lipinski definition) is 1. The molecule has 1 saturated carbocycles. The van der Waals surface area contributed by atoms with E-state index in [0.717, 1.165) is 0 Å². The molecular formula is C12H11ClF2N2O. The van der Waals surface area contributed by atoms with Crippen LogP contribution in [0.5, 0.6) is 0 Å². The number of hydrogen-bond acceptors (Lipinski definition) is 3. The summed E-state index contributed by atoms with van der Waals surface area (Å²) in [6.45, 7) is -0.824. The minimum atomic E-state index is -1.29. The van der Waals surface area contributed by atoms with Crippen molar-refractivity contribution >= 4 is 17.6 Å². The Morgan fingerprint density at radius 1 is 1.56 bits per heavy atom. The van der Waals surface area contributed by atoms with Crippen molar-refractivity contribution in [1.82, 2.24) is 0 Å². The molecule has 2 aliphatic rings. The topological polar surface area (TPSA) is 47.6 Å². The predicted octanol–water partition coefficient (Wildman–Crippen LogP) is 2.38. The second kappa shape index (κ2) is 3.82. The van der Waals surface area contributed by atoms with Crippen molar-refractivity contribution in [1.29, 1.82) is 0 Å². The summed E-state index contributed by atoms with van der Waals surface area (Å²) in [5.41, 5.74) is 4.39. The molecule has 0 aromatic heterocycles. The maximum atomic E-state index is 14.1. The van der Waals surface area contributed by atoms with E-state index in [9.17, 15) is 8.78 Å². The number of amidine groups is 1. The minimum Gasteiger partial charge on any atom is -0.462 e. The third kappa shape index (κ3) is 1.50. The summed E-state index contributed by atoms with van der Waals surface area (Å²) in [5.74, 6) is -0.816. The minimum absolute atomic E-state index is 0.0437. The van der Waals surface area contributed by atoms with E-state index in [2.05, 4.69) is 4.99 Å². The van der Waals surface area contributed by atoms with Crippen molar-refractivity contribution in [2.24, 2.45) is 16.6 Å². The summed E-state index contributed by atoms with van der Waals surface area (Å²) >= 11 is 5.74. The quantitative estimate of drug-likeness (QED) is 0.898. The molecule has 96 valence electrons. The largest absolute Gasteiger partial charge is 0.462 e. The molecule has 0 radical (unpaired) electrons. The van der Waals surface area contributed by atoms with Gasteiger partial charge in [-0.2, -0.15) is 0 Å². The number of aliphatic imine (C=N–C) groups is 1. The Bertz CT molecular complexity index is 537. The first kappa shape index (κ1) is 11.7. The van der Waals surface area contributed by atoms with Crippen LogP contribution in [0.3, 0.4) is 0 Å². The maximum Gasteiger partial charge on any atom is 0.283 e. The summed E-state index contributed by atoms with van der Waals surface area (Å²) in [5, 5.41) is -0.0437. The van der Waals surface area contributed by atoms with Crippen LogP contribution in [-0.2, 0) is 10.3 Å². The summed E-state index contributed by atoms with van der Waals surface area (Å²) in [6.07, 6.45) is 0.455. The van der Waals surface area contributed by atoms with Gasteiger partial charge in [-0.05, 0) is 12.5 Å². The number of halogens is 3. The van der Waals surface area contributed by atoms with Crippen molar-refractivity contribution in [2.45, 2.75) is 18.1 Å². The van der Waals surface area contributed by atoms with Gasteiger partial charge in [0.15, 0.2) is 0 Å². The first-order valence-electron chi connectivity index (χ1n) is 5.61. The predicted molar refractivity (Wildman–Crippen MR) is 63.7 cm³/mol. The van der Waals surface area contributed by atoms with Crippen molar-refractivity contribution in [3.05, 3.63) is 34.6 Å². The molecule has 2 N–H and O–H groups in total. The summed E-state index contributed by atoms with van der Waals surface area (Å²) in [4.78, 5) is 4.03. The Hall–Kier alpha value is -1.36. The SMILES string of the molecule is NC1=N[C@](CF)(c2cccc(Cl)c2F)[C@H]2C[C@H]2O1. The fourth-order valence-corrected chi connectivity index (χ4v) is 2.74.